The summed E-state index contributed by atoms with van der Waals surface area (Å²) in [6.07, 6.45) is 4.16. The van der Waals surface area contributed by atoms with Gasteiger partial charge in [0.2, 0.25) is 5.95 Å². The maximum Gasteiger partial charge on any atom is 0.244 e. The van der Waals surface area contributed by atoms with Gasteiger partial charge >= 0.3 is 0 Å². The van der Waals surface area contributed by atoms with Gasteiger partial charge in [0.1, 0.15) is 5.75 Å². The topological polar surface area (TPSA) is 84.9 Å². The van der Waals surface area contributed by atoms with Gasteiger partial charge in [0.05, 0.1) is 25.5 Å². The Morgan fingerprint density at radius 3 is 2.76 bits per heavy atom. The molecule has 3 rings (SSSR count). The Morgan fingerprint density at radius 2 is 1.92 bits per heavy atom. The number of para-hydroxylation sites is 1. The van der Waals surface area contributed by atoms with Gasteiger partial charge in [0.25, 0.3) is 0 Å². The van der Waals surface area contributed by atoms with Gasteiger partial charge in [-0.15, -0.1) is 5.10 Å². The third kappa shape index (κ3) is 4.87. The standard InChI is InChI=1S/C18H20N6O/c1-25-16-8-3-2-6-14(16)9-11-20-18-23-17(13-22-24-18)21-12-15-7-4-5-10-19-15/h2-8,10,13H,9,11-12H2,1H3,(H2,20,21,23,24). The van der Waals surface area contributed by atoms with Gasteiger partial charge in [0, 0.05) is 12.7 Å². The number of ether oxygens (including phenoxy) is 1. The molecule has 3 aromatic rings. The van der Waals surface area contributed by atoms with Crippen LogP contribution in [0.4, 0.5) is 11.8 Å². The van der Waals surface area contributed by atoms with Gasteiger partial charge in [-0.3, -0.25) is 4.98 Å². The van der Waals surface area contributed by atoms with Gasteiger partial charge in [-0.2, -0.15) is 10.1 Å². The number of nitrogens with one attached hydrogen (secondary N) is 2. The zero-order valence-corrected chi connectivity index (χ0v) is 14.0. The monoisotopic (exact) mass is 336 g/mol. The second kappa shape index (κ2) is 8.58. The van der Waals surface area contributed by atoms with Crippen LogP contribution in [0, 0.1) is 0 Å². The predicted molar refractivity (Wildman–Crippen MR) is 96.6 cm³/mol. The number of aromatic nitrogens is 4. The first-order chi connectivity index (χ1) is 12.3. The van der Waals surface area contributed by atoms with E-state index in [1.807, 2.05) is 42.5 Å². The molecule has 7 heteroatoms. The predicted octanol–water partition coefficient (Wildman–Crippen LogP) is 2.54. The van der Waals surface area contributed by atoms with Crippen LogP contribution in [0.25, 0.3) is 0 Å². The molecule has 0 radical (unpaired) electrons. The lowest BCUT2D eigenvalue weighted by Crippen LogP contribution is -2.11. The van der Waals surface area contributed by atoms with Crippen LogP contribution in [0.5, 0.6) is 5.75 Å². The minimum atomic E-state index is 0.487. The Bertz CT molecular complexity index is 796. The maximum absolute atomic E-state index is 5.35. The number of nitrogens with zero attached hydrogens (tertiary/aromatic N) is 4. The molecule has 0 spiro atoms. The minimum Gasteiger partial charge on any atom is -0.496 e. The Balaban J connectivity index is 1.53. The highest BCUT2D eigenvalue weighted by Crippen LogP contribution is 2.17. The van der Waals surface area contributed by atoms with Crippen molar-refractivity contribution in [2.24, 2.45) is 0 Å². The van der Waals surface area contributed by atoms with Crippen molar-refractivity contribution >= 4 is 11.8 Å². The number of hydrogen-bond donors (Lipinski definition) is 2. The van der Waals surface area contributed by atoms with Crippen LogP contribution >= 0.6 is 0 Å². The van der Waals surface area contributed by atoms with E-state index in [-0.39, 0.29) is 0 Å². The lowest BCUT2D eigenvalue weighted by molar-refractivity contribution is 0.410. The van der Waals surface area contributed by atoms with Crippen molar-refractivity contribution < 1.29 is 4.74 Å². The zero-order valence-electron chi connectivity index (χ0n) is 14.0. The molecule has 0 amide bonds. The molecule has 7 nitrogen and oxygen atoms in total. The summed E-state index contributed by atoms with van der Waals surface area (Å²) in [5.74, 6) is 2.02. The van der Waals surface area contributed by atoms with E-state index < -0.39 is 0 Å². The van der Waals surface area contributed by atoms with E-state index in [2.05, 4.69) is 30.8 Å². The highest BCUT2D eigenvalue weighted by Gasteiger charge is 2.04. The third-order valence-corrected chi connectivity index (χ3v) is 3.61. The normalized spacial score (nSPS) is 10.3. The molecule has 0 aliphatic carbocycles. The van der Waals surface area contributed by atoms with Crippen LogP contribution < -0.4 is 15.4 Å². The van der Waals surface area contributed by atoms with Gasteiger partial charge in [-0.25, -0.2) is 0 Å². The van der Waals surface area contributed by atoms with Gasteiger partial charge in [0.15, 0.2) is 5.82 Å². The number of rotatable bonds is 8. The summed E-state index contributed by atoms with van der Waals surface area (Å²) < 4.78 is 5.35. The lowest BCUT2D eigenvalue weighted by Gasteiger charge is -2.09. The van der Waals surface area contributed by atoms with Crippen LogP contribution in [0.3, 0.4) is 0 Å². The number of benzene rings is 1. The maximum atomic E-state index is 5.35. The van der Waals surface area contributed by atoms with Crippen molar-refractivity contribution in [3.05, 3.63) is 66.1 Å². The van der Waals surface area contributed by atoms with E-state index in [1.54, 1.807) is 19.5 Å². The molecule has 25 heavy (non-hydrogen) atoms. The Morgan fingerprint density at radius 1 is 1.04 bits per heavy atom. The van der Waals surface area contributed by atoms with Crippen molar-refractivity contribution in [1.29, 1.82) is 0 Å². The largest absolute Gasteiger partial charge is 0.496 e. The Kier molecular flexibility index (Phi) is 5.71. The van der Waals surface area contributed by atoms with Crippen LogP contribution in [0.2, 0.25) is 0 Å². The minimum absolute atomic E-state index is 0.487. The highest BCUT2D eigenvalue weighted by atomic mass is 16.5. The Hall–Kier alpha value is -3.22. The smallest absolute Gasteiger partial charge is 0.244 e. The first kappa shape index (κ1) is 16.6. The number of pyridine rings is 1. The molecule has 1 aromatic carbocycles. The summed E-state index contributed by atoms with van der Waals surface area (Å²) in [6.45, 7) is 1.27. The average molecular weight is 336 g/mol. The van der Waals surface area contributed by atoms with Crippen LogP contribution in [-0.2, 0) is 13.0 Å². The number of anilines is 2. The molecule has 2 heterocycles. The molecular weight excluding hydrogens is 316 g/mol. The molecule has 2 N–H and O–H groups in total. The average Bonchev–Trinajstić information content (AvgIpc) is 2.68. The fourth-order valence-electron chi connectivity index (χ4n) is 2.37. The van der Waals surface area contributed by atoms with Crippen molar-refractivity contribution in [3.8, 4) is 5.75 Å². The third-order valence-electron chi connectivity index (χ3n) is 3.61. The lowest BCUT2D eigenvalue weighted by atomic mass is 10.1. The molecule has 0 saturated heterocycles. The van der Waals surface area contributed by atoms with E-state index in [1.165, 1.54) is 0 Å². The summed E-state index contributed by atoms with van der Waals surface area (Å²) in [4.78, 5) is 8.67. The van der Waals surface area contributed by atoms with E-state index in [9.17, 15) is 0 Å². The molecule has 0 aliphatic heterocycles. The molecule has 0 fully saturated rings. The van der Waals surface area contributed by atoms with Gasteiger partial charge in [-0.05, 0) is 30.2 Å². The van der Waals surface area contributed by atoms with Gasteiger partial charge in [-0.1, -0.05) is 24.3 Å². The molecule has 2 aromatic heterocycles. The first-order valence-corrected chi connectivity index (χ1v) is 8.04. The summed E-state index contributed by atoms with van der Waals surface area (Å²) in [5.41, 5.74) is 2.07. The second-order valence-electron chi connectivity index (χ2n) is 5.33. The molecule has 0 saturated carbocycles. The van der Waals surface area contributed by atoms with E-state index >= 15 is 0 Å². The first-order valence-electron chi connectivity index (χ1n) is 8.04. The summed E-state index contributed by atoms with van der Waals surface area (Å²) in [5, 5.41) is 14.4. The van der Waals surface area contributed by atoms with E-state index in [4.69, 9.17) is 4.74 Å². The van der Waals surface area contributed by atoms with E-state index in [0.29, 0.717) is 24.9 Å². The fourth-order valence-corrected chi connectivity index (χ4v) is 2.37. The fraction of sp³-hybridized carbons (Fsp3) is 0.222. The SMILES string of the molecule is COc1ccccc1CCNc1nncc(NCc2ccccn2)n1. The van der Waals surface area contributed by atoms with Gasteiger partial charge < -0.3 is 15.4 Å². The molecule has 0 bridgehead atoms. The zero-order chi connectivity index (χ0) is 17.3. The molecular formula is C18H20N6O. The molecule has 128 valence electrons. The summed E-state index contributed by atoms with van der Waals surface area (Å²) >= 11 is 0. The van der Waals surface area contributed by atoms with Crippen molar-refractivity contribution in [1.82, 2.24) is 20.2 Å². The number of hydrogen-bond acceptors (Lipinski definition) is 7. The molecule has 0 atom stereocenters. The Labute approximate surface area is 146 Å². The van der Waals surface area contributed by atoms with Crippen LogP contribution in [0.1, 0.15) is 11.3 Å². The van der Waals surface area contributed by atoms with E-state index in [0.717, 1.165) is 23.4 Å². The summed E-state index contributed by atoms with van der Waals surface area (Å²) in [6, 6.07) is 13.7. The van der Waals surface area contributed by atoms with Crippen molar-refractivity contribution in [2.75, 3.05) is 24.3 Å². The molecule has 0 unspecified atom stereocenters. The highest BCUT2D eigenvalue weighted by molar-refractivity contribution is 5.38. The molecule has 0 aliphatic rings. The van der Waals surface area contributed by atoms with Crippen LogP contribution in [0.15, 0.2) is 54.9 Å². The van der Waals surface area contributed by atoms with Crippen molar-refractivity contribution in [3.63, 3.8) is 0 Å². The van der Waals surface area contributed by atoms with Crippen molar-refractivity contribution in [2.45, 2.75) is 13.0 Å². The summed E-state index contributed by atoms with van der Waals surface area (Å²) in [7, 11) is 1.68. The second-order valence-corrected chi connectivity index (χ2v) is 5.33. The van der Waals surface area contributed by atoms with Crippen LogP contribution in [-0.4, -0.2) is 33.8 Å². The quantitative estimate of drug-likeness (QED) is 0.654. The number of methoxy groups -OCH3 is 1.